The number of unbranched alkanes of at least 4 members (excludes halogenated alkanes) is 1. The molecule has 4 rings (SSSR count). The van der Waals surface area contributed by atoms with Crippen LogP contribution in [0.2, 0.25) is 0 Å². The Bertz CT molecular complexity index is 681. The lowest BCUT2D eigenvalue weighted by molar-refractivity contribution is -0.290. The number of hydrogen-bond acceptors (Lipinski definition) is 1. The van der Waals surface area contributed by atoms with Gasteiger partial charge in [-0.3, -0.25) is 0 Å². The Morgan fingerprint density at radius 1 is 0.812 bits per heavy atom. The third kappa shape index (κ3) is 4.17. The lowest BCUT2D eigenvalue weighted by atomic mass is 9.43. The second kappa shape index (κ2) is 8.16. The average Bonchev–Trinajstić information content (AvgIpc) is 3.01. The van der Waals surface area contributed by atoms with Crippen LogP contribution in [-0.2, 0) is 0 Å². The van der Waals surface area contributed by atoms with Gasteiger partial charge >= 0.3 is 6.18 Å². The quantitative estimate of drug-likeness (QED) is 0.420. The lowest BCUT2D eigenvalue weighted by Gasteiger charge is -2.62. The van der Waals surface area contributed by atoms with Crippen LogP contribution in [0, 0.1) is 45.8 Å². The Morgan fingerprint density at radius 2 is 1.50 bits per heavy atom. The van der Waals surface area contributed by atoms with Crippen molar-refractivity contribution < 1.29 is 18.3 Å². The average molecular weight is 457 g/mol. The van der Waals surface area contributed by atoms with Gasteiger partial charge in [-0.15, -0.1) is 0 Å². The second-order valence-electron chi connectivity index (χ2n) is 14.0. The first kappa shape index (κ1) is 24.9. The summed E-state index contributed by atoms with van der Waals surface area (Å²) >= 11 is 0. The van der Waals surface area contributed by atoms with Gasteiger partial charge in [-0.2, -0.15) is 13.2 Å². The van der Waals surface area contributed by atoms with Crippen LogP contribution >= 0.6 is 0 Å². The van der Waals surface area contributed by atoms with E-state index in [0.717, 1.165) is 24.7 Å². The highest BCUT2D eigenvalue weighted by atomic mass is 19.4. The van der Waals surface area contributed by atoms with Gasteiger partial charge in [-0.05, 0) is 116 Å². The molecule has 1 nitrogen and oxygen atoms in total. The monoisotopic (exact) mass is 456 g/mol. The molecule has 32 heavy (non-hydrogen) atoms. The van der Waals surface area contributed by atoms with Crippen LogP contribution < -0.4 is 0 Å². The fraction of sp³-hybridized carbons (Fsp3) is 1.00. The zero-order valence-electron chi connectivity index (χ0n) is 21.2. The maximum atomic E-state index is 13.6. The summed E-state index contributed by atoms with van der Waals surface area (Å²) in [4.78, 5) is 0. The third-order valence-corrected chi connectivity index (χ3v) is 11.2. The van der Waals surface area contributed by atoms with E-state index in [1.165, 1.54) is 51.4 Å². The molecule has 0 aromatic heterocycles. The standard InChI is InChI=1S/C28H47F3O/c1-24(2,3)14-7-6-8-19-10-12-22-21-11-9-20-18-27(32,28(29,30)31)17-16-26(20,5)23(21)13-15-25(19,22)4/h19-23,32H,6-18H2,1-5H3. The first-order valence-electron chi connectivity index (χ1n) is 13.5. The van der Waals surface area contributed by atoms with E-state index in [2.05, 4.69) is 34.6 Å². The van der Waals surface area contributed by atoms with Gasteiger partial charge in [0.25, 0.3) is 0 Å². The van der Waals surface area contributed by atoms with E-state index in [9.17, 15) is 18.3 Å². The molecule has 4 heteroatoms. The molecule has 0 spiro atoms. The number of alkyl halides is 3. The third-order valence-electron chi connectivity index (χ3n) is 11.2. The van der Waals surface area contributed by atoms with Crippen LogP contribution in [0.15, 0.2) is 0 Å². The normalized spacial score (nSPS) is 47.0. The molecular weight excluding hydrogens is 409 g/mol. The van der Waals surface area contributed by atoms with Crippen LogP contribution in [0.25, 0.3) is 0 Å². The zero-order valence-corrected chi connectivity index (χ0v) is 21.2. The minimum Gasteiger partial charge on any atom is -0.380 e. The predicted molar refractivity (Wildman–Crippen MR) is 124 cm³/mol. The molecule has 0 heterocycles. The topological polar surface area (TPSA) is 20.2 Å². The number of aliphatic hydroxyl groups is 1. The van der Waals surface area contributed by atoms with Gasteiger partial charge in [0.1, 0.15) is 0 Å². The van der Waals surface area contributed by atoms with Crippen molar-refractivity contribution in [2.75, 3.05) is 0 Å². The summed E-state index contributed by atoms with van der Waals surface area (Å²) in [5.41, 5.74) is -1.62. The van der Waals surface area contributed by atoms with E-state index >= 15 is 0 Å². The van der Waals surface area contributed by atoms with Gasteiger partial charge in [0, 0.05) is 0 Å². The first-order chi connectivity index (χ1) is 14.7. The first-order valence-corrected chi connectivity index (χ1v) is 13.5. The van der Waals surface area contributed by atoms with Crippen molar-refractivity contribution in [3.63, 3.8) is 0 Å². The van der Waals surface area contributed by atoms with Gasteiger partial charge in [0.2, 0.25) is 0 Å². The van der Waals surface area contributed by atoms with Crippen molar-refractivity contribution >= 4 is 0 Å². The molecule has 0 bridgehead atoms. The summed E-state index contributed by atoms with van der Waals surface area (Å²) in [6.45, 7) is 11.8. The van der Waals surface area contributed by atoms with Gasteiger partial charge in [0.05, 0.1) is 0 Å². The molecular formula is C28H47F3O. The lowest BCUT2D eigenvalue weighted by Crippen LogP contribution is -2.59. The van der Waals surface area contributed by atoms with E-state index in [1.807, 2.05) is 0 Å². The predicted octanol–water partition coefficient (Wildman–Crippen LogP) is 8.55. The Labute approximate surface area is 194 Å². The van der Waals surface area contributed by atoms with E-state index in [0.29, 0.717) is 29.1 Å². The molecule has 0 aromatic carbocycles. The largest absolute Gasteiger partial charge is 0.417 e. The Hall–Kier alpha value is -0.250. The molecule has 8 atom stereocenters. The Kier molecular flexibility index (Phi) is 6.34. The highest BCUT2D eigenvalue weighted by Crippen LogP contribution is 2.69. The summed E-state index contributed by atoms with van der Waals surface area (Å²) < 4.78 is 40.7. The molecule has 1 N–H and O–H groups in total. The van der Waals surface area contributed by atoms with Crippen LogP contribution in [0.3, 0.4) is 0 Å². The van der Waals surface area contributed by atoms with Crippen molar-refractivity contribution in [2.45, 2.75) is 130 Å². The summed E-state index contributed by atoms with van der Waals surface area (Å²) in [5, 5.41) is 10.4. The van der Waals surface area contributed by atoms with E-state index in [1.54, 1.807) is 0 Å². The Balaban J connectivity index is 1.43. The van der Waals surface area contributed by atoms with Gasteiger partial charge in [0.15, 0.2) is 5.60 Å². The zero-order chi connectivity index (χ0) is 23.6. The van der Waals surface area contributed by atoms with Crippen molar-refractivity contribution in [2.24, 2.45) is 45.8 Å². The molecule has 0 amide bonds. The van der Waals surface area contributed by atoms with Crippen LogP contribution in [-0.4, -0.2) is 16.9 Å². The molecule has 4 fully saturated rings. The fourth-order valence-corrected chi connectivity index (χ4v) is 9.13. The molecule has 186 valence electrons. The number of halogens is 3. The summed E-state index contributed by atoms with van der Waals surface area (Å²) in [5.74, 6) is 2.85. The summed E-state index contributed by atoms with van der Waals surface area (Å²) in [7, 11) is 0. The van der Waals surface area contributed by atoms with E-state index in [-0.39, 0.29) is 24.2 Å². The molecule has 0 aliphatic heterocycles. The highest BCUT2D eigenvalue weighted by Gasteiger charge is 2.64. The van der Waals surface area contributed by atoms with E-state index < -0.39 is 11.8 Å². The van der Waals surface area contributed by atoms with Crippen LogP contribution in [0.5, 0.6) is 0 Å². The maximum Gasteiger partial charge on any atom is 0.417 e. The molecule has 4 saturated carbocycles. The van der Waals surface area contributed by atoms with Gasteiger partial charge in [-0.25, -0.2) is 0 Å². The highest BCUT2D eigenvalue weighted by molar-refractivity contribution is 5.11. The smallest absolute Gasteiger partial charge is 0.380 e. The minimum atomic E-state index is -4.50. The van der Waals surface area contributed by atoms with Crippen molar-refractivity contribution in [1.82, 2.24) is 0 Å². The minimum absolute atomic E-state index is 0.0167. The molecule has 0 radical (unpaired) electrons. The maximum absolute atomic E-state index is 13.6. The fourth-order valence-electron chi connectivity index (χ4n) is 9.13. The van der Waals surface area contributed by atoms with Crippen molar-refractivity contribution in [3.8, 4) is 0 Å². The summed E-state index contributed by atoms with van der Waals surface area (Å²) in [6, 6.07) is 0. The number of hydrogen-bond donors (Lipinski definition) is 1. The molecule has 0 aromatic rings. The van der Waals surface area contributed by atoms with Gasteiger partial charge < -0.3 is 5.11 Å². The molecule has 0 saturated heterocycles. The van der Waals surface area contributed by atoms with Crippen LogP contribution in [0.4, 0.5) is 13.2 Å². The molecule has 8 unspecified atom stereocenters. The van der Waals surface area contributed by atoms with Crippen LogP contribution in [0.1, 0.15) is 118 Å². The van der Waals surface area contributed by atoms with Gasteiger partial charge in [-0.1, -0.05) is 47.5 Å². The van der Waals surface area contributed by atoms with Crippen molar-refractivity contribution in [1.29, 1.82) is 0 Å². The second-order valence-corrected chi connectivity index (χ2v) is 14.0. The van der Waals surface area contributed by atoms with E-state index in [4.69, 9.17) is 0 Å². The number of fused-ring (bicyclic) bond motifs is 5. The Morgan fingerprint density at radius 3 is 2.16 bits per heavy atom. The van der Waals surface area contributed by atoms with Crippen molar-refractivity contribution in [3.05, 3.63) is 0 Å². The SMILES string of the molecule is CC(C)(C)CCCCC1CCC2C3CCC4CC(O)(C(F)(F)F)CCC4(C)C3CCC12C. The molecule has 4 aliphatic carbocycles. The number of rotatable bonds is 4. The molecule has 4 aliphatic rings. The summed E-state index contributed by atoms with van der Waals surface area (Å²) in [6.07, 6.45) is 8.27.